The third-order valence-corrected chi connectivity index (χ3v) is 6.64. The van der Waals surface area contributed by atoms with Gasteiger partial charge in [-0.2, -0.15) is 0 Å². The summed E-state index contributed by atoms with van der Waals surface area (Å²) in [4.78, 5) is 20.4. The Kier molecular flexibility index (Phi) is 7.13. The molecular weight excluding hydrogens is 348 g/mol. The molecule has 2 saturated heterocycles. The fraction of sp³-hybridized carbons (Fsp3) is 0.696. The van der Waals surface area contributed by atoms with Crippen molar-refractivity contribution in [1.29, 1.82) is 0 Å². The van der Waals surface area contributed by atoms with E-state index < -0.39 is 0 Å². The Morgan fingerprint density at radius 1 is 1.07 bits per heavy atom. The smallest absolute Gasteiger partial charge is 0.241 e. The maximum atomic E-state index is 12.9. The highest BCUT2D eigenvalue weighted by Gasteiger charge is 2.34. The molecule has 1 N–H and O–H groups in total. The lowest BCUT2D eigenvalue weighted by molar-refractivity contribution is -0.122. The molecule has 2 heterocycles. The van der Waals surface area contributed by atoms with Crippen LogP contribution >= 0.6 is 0 Å². The summed E-state index contributed by atoms with van der Waals surface area (Å²) in [6, 6.07) is 9.25. The second-order valence-corrected chi connectivity index (χ2v) is 9.02. The summed E-state index contributed by atoms with van der Waals surface area (Å²) < 4.78 is 0. The van der Waals surface area contributed by atoms with Gasteiger partial charge in [-0.05, 0) is 64.4 Å². The van der Waals surface area contributed by atoms with Gasteiger partial charge in [0.1, 0.15) is 0 Å². The van der Waals surface area contributed by atoms with E-state index in [-0.39, 0.29) is 11.9 Å². The number of piperazine rings is 1. The first-order valence-electron chi connectivity index (χ1n) is 10.9. The minimum Gasteiger partial charge on any atom is -0.324 e. The third kappa shape index (κ3) is 4.94. The number of rotatable bonds is 5. The van der Waals surface area contributed by atoms with E-state index in [2.05, 4.69) is 53.9 Å². The molecule has 2 atom stereocenters. The van der Waals surface area contributed by atoms with Crippen molar-refractivity contribution in [2.75, 3.05) is 45.1 Å². The molecule has 0 bridgehead atoms. The lowest BCUT2D eigenvalue weighted by Crippen LogP contribution is -2.60. The molecule has 2 fully saturated rings. The van der Waals surface area contributed by atoms with Crippen LogP contribution in [0, 0.1) is 0 Å². The van der Waals surface area contributed by atoms with Gasteiger partial charge >= 0.3 is 0 Å². The van der Waals surface area contributed by atoms with E-state index >= 15 is 0 Å². The predicted molar refractivity (Wildman–Crippen MR) is 117 cm³/mol. The summed E-state index contributed by atoms with van der Waals surface area (Å²) in [5, 5.41) is 3.18. The van der Waals surface area contributed by atoms with Gasteiger partial charge in [-0.3, -0.25) is 14.6 Å². The first-order valence-corrected chi connectivity index (χ1v) is 10.9. The van der Waals surface area contributed by atoms with Crippen molar-refractivity contribution in [3.8, 4) is 0 Å². The summed E-state index contributed by atoms with van der Waals surface area (Å²) in [6.45, 7) is 14.1. The Balaban J connectivity index is 1.57. The molecule has 156 valence electrons. The van der Waals surface area contributed by atoms with Gasteiger partial charge in [0.15, 0.2) is 0 Å². The highest BCUT2D eigenvalue weighted by atomic mass is 16.2. The molecule has 28 heavy (non-hydrogen) atoms. The zero-order valence-corrected chi connectivity index (χ0v) is 18.3. The number of amides is 1. The van der Waals surface area contributed by atoms with Crippen LogP contribution in [-0.4, -0.2) is 78.5 Å². The van der Waals surface area contributed by atoms with Crippen LogP contribution in [0.3, 0.4) is 0 Å². The van der Waals surface area contributed by atoms with Crippen LogP contribution in [0.5, 0.6) is 0 Å². The number of para-hydroxylation sites is 1. The summed E-state index contributed by atoms with van der Waals surface area (Å²) in [7, 11) is 2.22. The van der Waals surface area contributed by atoms with Crippen LogP contribution in [-0.2, 0) is 4.79 Å². The van der Waals surface area contributed by atoms with Crippen molar-refractivity contribution >= 4 is 11.6 Å². The monoisotopic (exact) mass is 386 g/mol. The summed E-state index contributed by atoms with van der Waals surface area (Å²) in [6.07, 6.45) is 2.53. The molecule has 5 nitrogen and oxygen atoms in total. The number of hydrogen-bond donors (Lipinski definition) is 1. The second kappa shape index (κ2) is 9.38. The summed E-state index contributed by atoms with van der Waals surface area (Å²) in [5.74, 6) is 0.498. The van der Waals surface area contributed by atoms with Crippen LogP contribution < -0.4 is 5.32 Å². The number of carbonyl (C=O) groups is 1. The molecule has 0 spiro atoms. The first kappa shape index (κ1) is 21.3. The molecule has 1 aromatic carbocycles. The average Bonchev–Trinajstić information content (AvgIpc) is 2.68. The second-order valence-electron chi connectivity index (χ2n) is 9.02. The van der Waals surface area contributed by atoms with Gasteiger partial charge in [0.05, 0.1) is 6.04 Å². The molecule has 3 rings (SSSR count). The fourth-order valence-corrected chi connectivity index (χ4v) is 4.74. The minimum atomic E-state index is -0.109. The average molecular weight is 387 g/mol. The Hall–Kier alpha value is -1.43. The van der Waals surface area contributed by atoms with Gasteiger partial charge in [-0.15, -0.1) is 0 Å². The van der Waals surface area contributed by atoms with E-state index in [0.29, 0.717) is 18.0 Å². The van der Waals surface area contributed by atoms with E-state index in [0.717, 1.165) is 25.3 Å². The zero-order chi connectivity index (χ0) is 20.3. The van der Waals surface area contributed by atoms with Gasteiger partial charge in [0, 0.05) is 37.4 Å². The first-order chi connectivity index (χ1) is 13.4. The number of hydrogen-bond acceptors (Lipinski definition) is 4. The molecule has 1 aromatic rings. The molecule has 0 saturated carbocycles. The van der Waals surface area contributed by atoms with Crippen molar-refractivity contribution in [2.45, 2.75) is 64.6 Å². The van der Waals surface area contributed by atoms with Crippen molar-refractivity contribution in [3.63, 3.8) is 0 Å². The highest BCUT2D eigenvalue weighted by molar-refractivity contribution is 5.95. The fourth-order valence-electron chi connectivity index (χ4n) is 4.74. The van der Waals surface area contributed by atoms with Crippen LogP contribution in [0.15, 0.2) is 24.3 Å². The van der Waals surface area contributed by atoms with Gasteiger partial charge in [-0.1, -0.05) is 32.0 Å². The standard InChI is InChI=1S/C23H38N4O/c1-17(2)21-8-6-7-9-22(21)24-23(28)19(4)26-14-15-27(18(3)16-26)20-10-12-25(5)13-11-20/h6-9,17-20H,10-16H2,1-5H3,(H,24,28)/t18-,19-/m1/s1. The molecule has 1 amide bonds. The number of benzene rings is 1. The Morgan fingerprint density at radius 2 is 1.75 bits per heavy atom. The van der Waals surface area contributed by atoms with Crippen molar-refractivity contribution in [3.05, 3.63) is 29.8 Å². The van der Waals surface area contributed by atoms with Crippen LogP contribution in [0.2, 0.25) is 0 Å². The van der Waals surface area contributed by atoms with E-state index in [4.69, 9.17) is 0 Å². The summed E-state index contributed by atoms with van der Waals surface area (Å²) in [5.41, 5.74) is 2.15. The number of nitrogens with one attached hydrogen (secondary N) is 1. The largest absolute Gasteiger partial charge is 0.324 e. The minimum absolute atomic E-state index is 0.105. The highest BCUT2D eigenvalue weighted by Crippen LogP contribution is 2.25. The molecule has 5 heteroatoms. The van der Waals surface area contributed by atoms with E-state index in [9.17, 15) is 4.79 Å². The van der Waals surface area contributed by atoms with Crippen LogP contribution in [0.4, 0.5) is 5.69 Å². The van der Waals surface area contributed by atoms with Crippen LogP contribution in [0.1, 0.15) is 52.0 Å². The number of nitrogens with zero attached hydrogens (tertiary/aromatic N) is 3. The maximum absolute atomic E-state index is 12.9. The van der Waals surface area contributed by atoms with Gasteiger partial charge in [0.25, 0.3) is 0 Å². The Morgan fingerprint density at radius 3 is 2.39 bits per heavy atom. The number of carbonyl (C=O) groups excluding carboxylic acids is 1. The number of likely N-dealkylation sites (tertiary alicyclic amines) is 1. The number of anilines is 1. The van der Waals surface area contributed by atoms with Crippen molar-refractivity contribution in [2.24, 2.45) is 0 Å². The van der Waals surface area contributed by atoms with Crippen molar-refractivity contribution < 1.29 is 4.79 Å². The maximum Gasteiger partial charge on any atom is 0.241 e. The lowest BCUT2D eigenvalue weighted by Gasteiger charge is -2.47. The SMILES string of the molecule is CC(C)c1ccccc1NC(=O)[C@@H](C)N1CCN(C2CCN(C)CC2)[C@H](C)C1. The molecule has 2 aliphatic rings. The molecular formula is C23H38N4O. The molecule has 0 aliphatic carbocycles. The van der Waals surface area contributed by atoms with Crippen molar-refractivity contribution in [1.82, 2.24) is 14.7 Å². The third-order valence-electron chi connectivity index (χ3n) is 6.64. The topological polar surface area (TPSA) is 38.8 Å². The molecule has 0 unspecified atom stereocenters. The van der Waals surface area contributed by atoms with Gasteiger partial charge in [-0.25, -0.2) is 0 Å². The quantitative estimate of drug-likeness (QED) is 0.843. The Labute approximate surface area is 171 Å². The lowest BCUT2D eigenvalue weighted by atomic mass is 9.99. The van der Waals surface area contributed by atoms with E-state index in [1.807, 2.05) is 25.1 Å². The normalized spacial score (nSPS) is 24.4. The molecule has 0 radical (unpaired) electrons. The van der Waals surface area contributed by atoms with Gasteiger partial charge in [0.2, 0.25) is 5.91 Å². The molecule has 2 aliphatic heterocycles. The number of piperidine rings is 1. The molecule has 0 aromatic heterocycles. The zero-order valence-electron chi connectivity index (χ0n) is 18.3. The Bertz CT molecular complexity index is 654. The summed E-state index contributed by atoms with van der Waals surface area (Å²) >= 11 is 0. The van der Waals surface area contributed by atoms with Gasteiger partial charge < -0.3 is 10.2 Å². The van der Waals surface area contributed by atoms with E-state index in [1.54, 1.807) is 0 Å². The van der Waals surface area contributed by atoms with E-state index in [1.165, 1.54) is 31.5 Å². The van der Waals surface area contributed by atoms with Crippen LogP contribution in [0.25, 0.3) is 0 Å². The predicted octanol–water partition coefficient (Wildman–Crippen LogP) is 3.24.